The fourth-order valence-corrected chi connectivity index (χ4v) is 4.00. The van der Waals surface area contributed by atoms with E-state index >= 15 is 0 Å². The number of hydrogen-bond acceptors (Lipinski definition) is 4. The first-order chi connectivity index (χ1) is 11.1. The first-order valence-corrected chi connectivity index (χ1v) is 9.39. The molecule has 2 fully saturated rings. The average molecular weight is 316 g/mol. The Kier molecular flexibility index (Phi) is 5.65. The minimum atomic E-state index is 0.409. The number of aromatic nitrogens is 2. The van der Waals surface area contributed by atoms with Gasteiger partial charge in [-0.05, 0) is 51.2 Å². The molecule has 0 N–H and O–H groups in total. The van der Waals surface area contributed by atoms with Gasteiger partial charge in [0, 0.05) is 43.0 Å². The Morgan fingerprint density at radius 1 is 1.09 bits per heavy atom. The van der Waals surface area contributed by atoms with Crippen LogP contribution in [0.5, 0.6) is 0 Å². The Bertz CT molecular complexity index is 477. The van der Waals surface area contributed by atoms with E-state index in [1.165, 1.54) is 57.4 Å². The Morgan fingerprint density at radius 3 is 2.39 bits per heavy atom. The largest absolute Gasteiger partial charge is 0.300 e. The summed E-state index contributed by atoms with van der Waals surface area (Å²) in [4.78, 5) is 14.3. The van der Waals surface area contributed by atoms with Gasteiger partial charge >= 0.3 is 0 Å². The van der Waals surface area contributed by atoms with Gasteiger partial charge in [-0.1, -0.05) is 20.8 Å². The van der Waals surface area contributed by atoms with Crippen molar-refractivity contribution in [1.82, 2.24) is 19.8 Å². The van der Waals surface area contributed by atoms with Gasteiger partial charge in [0.2, 0.25) is 0 Å². The van der Waals surface area contributed by atoms with E-state index in [4.69, 9.17) is 0 Å². The predicted octanol–water partition coefficient (Wildman–Crippen LogP) is 3.30. The van der Waals surface area contributed by atoms with Gasteiger partial charge in [0.25, 0.3) is 0 Å². The summed E-state index contributed by atoms with van der Waals surface area (Å²) in [6, 6.07) is 0.813. The zero-order valence-electron chi connectivity index (χ0n) is 15.0. The van der Waals surface area contributed by atoms with Crippen molar-refractivity contribution in [2.45, 2.75) is 65.0 Å². The van der Waals surface area contributed by atoms with E-state index in [9.17, 15) is 0 Å². The third-order valence-corrected chi connectivity index (χ3v) is 5.41. The maximum atomic E-state index is 4.49. The van der Waals surface area contributed by atoms with Gasteiger partial charge < -0.3 is 4.90 Å². The minimum Gasteiger partial charge on any atom is -0.300 e. The number of rotatable bonds is 4. The lowest BCUT2D eigenvalue weighted by molar-refractivity contribution is 0.0728. The summed E-state index contributed by atoms with van der Waals surface area (Å²) in [7, 11) is 0. The van der Waals surface area contributed by atoms with Gasteiger partial charge in [0.1, 0.15) is 5.82 Å². The molecule has 1 aromatic rings. The van der Waals surface area contributed by atoms with Gasteiger partial charge in [0.05, 0.1) is 0 Å². The quantitative estimate of drug-likeness (QED) is 0.853. The van der Waals surface area contributed by atoms with Crippen LogP contribution in [0.2, 0.25) is 0 Å². The SMILES string of the molecule is CC(C)c1ncc(CN2CCC(N3CCC[C@H](C)C3)CC2)cn1. The summed E-state index contributed by atoms with van der Waals surface area (Å²) in [6.07, 6.45) is 9.47. The predicted molar refractivity (Wildman–Crippen MR) is 94.4 cm³/mol. The average Bonchev–Trinajstić information content (AvgIpc) is 2.56. The van der Waals surface area contributed by atoms with Crippen LogP contribution in [-0.4, -0.2) is 52.0 Å². The first kappa shape index (κ1) is 16.8. The third kappa shape index (κ3) is 4.51. The normalized spacial score (nSPS) is 25.1. The number of nitrogens with zero attached hydrogens (tertiary/aromatic N) is 4. The summed E-state index contributed by atoms with van der Waals surface area (Å²) in [5.41, 5.74) is 1.25. The monoisotopic (exact) mass is 316 g/mol. The van der Waals surface area contributed by atoms with Crippen LogP contribution < -0.4 is 0 Å². The molecule has 0 radical (unpaired) electrons. The molecule has 4 nitrogen and oxygen atoms in total. The van der Waals surface area contributed by atoms with Crippen LogP contribution >= 0.6 is 0 Å². The van der Waals surface area contributed by atoms with Crippen molar-refractivity contribution in [1.29, 1.82) is 0 Å². The van der Waals surface area contributed by atoms with Crippen molar-refractivity contribution in [3.05, 3.63) is 23.8 Å². The van der Waals surface area contributed by atoms with Crippen LogP contribution in [0.3, 0.4) is 0 Å². The molecule has 0 bridgehead atoms. The molecular formula is C19H32N4. The van der Waals surface area contributed by atoms with Gasteiger partial charge in [-0.3, -0.25) is 4.90 Å². The summed E-state index contributed by atoms with van der Waals surface area (Å²) < 4.78 is 0. The van der Waals surface area contributed by atoms with Crippen molar-refractivity contribution < 1.29 is 0 Å². The van der Waals surface area contributed by atoms with E-state index in [2.05, 4.69) is 40.5 Å². The molecule has 2 saturated heterocycles. The van der Waals surface area contributed by atoms with Crippen molar-refractivity contribution in [3.8, 4) is 0 Å². The van der Waals surface area contributed by atoms with E-state index in [-0.39, 0.29) is 0 Å². The molecule has 0 amide bonds. The van der Waals surface area contributed by atoms with Crippen LogP contribution in [0.4, 0.5) is 0 Å². The maximum absolute atomic E-state index is 4.49. The third-order valence-electron chi connectivity index (χ3n) is 5.41. The topological polar surface area (TPSA) is 32.3 Å². The first-order valence-electron chi connectivity index (χ1n) is 9.39. The van der Waals surface area contributed by atoms with Crippen LogP contribution in [0.1, 0.15) is 63.8 Å². The van der Waals surface area contributed by atoms with Crippen molar-refractivity contribution >= 4 is 0 Å². The lowest BCUT2D eigenvalue weighted by Crippen LogP contribution is -2.47. The van der Waals surface area contributed by atoms with E-state index in [0.717, 1.165) is 24.3 Å². The second-order valence-electron chi connectivity index (χ2n) is 7.85. The molecule has 23 heavy (non-hydrogen) atoms. The second-order valence-corrected chi connectivity index (χ2v) is 7.85. The van der Waals surface area contributed by atoms with Crippen molar-refractivity contribution in [2.75, 3.05) is 26.2 Å². The molecule has 2 aliphatic rings. The molecule has 1 atom stereocenters. The lowest BCUT2D eigenvalue weighted by atomic mass is 9.95. The lowest BCUT2D eigenvalue weighted by Gasteiger charge is -2.41. The van der Waals surface area contributed by atoms with Gasteiger partial charge in [0.15, 0.2) is 0 Å². The molecule has 2 aliphatic heterocycles. The molecule has 4 heteroatoms. The summed E-state index contributed by atoms with van der Waals surface area (Å²) >= 11 is 0. The number of hydrogen-bond donors (Lipinski definition) is 0. The second kappa shape index (κ2) is 7.71. The van der Waals surface area contributed by atoms with Gasteiger partial charge in [-0.15, -0.1) is 0 Å². The zero-order valence-corrected chi connectivity index (χ0v) is 15.0. The highest BCUT2D eigenvalue weighted by molar-refractivity contribution is 5.07. The van der Waals surface area contributed by atoms with Gasteiger partial charge in [-0.2, -0.15) is 0 Å². The molecular weight excluding hydrogens is 284 g/mol. The van der Waals surface area contributed by atoms with Crippen LogP contribution in [-0.2, 0) is 6.54 Å². The Hall–Kier alpha value is -1.00. The van der Waals surface area contributed by atoms with E-state index in [0.29, 0.717) is 5.92 Å². The molecule has 0 unspecified atom stereocenters. The number of piperidine rings is 2. The Balaban J connectivity index is 1.47. The van der Waals surface area contributed by atoms with Crippen LogP contribution in [0, 0.1) is 5.92 Å². The molecule has 3 heterocycles. The zero-order chi connectivity index (χ0) is 16.2. The standard InChI is InChI=1S/C19H32N4/c1-15(2)19-20-11-17(12-21-19)14-22-9-6-18(7-10-22)23-8-4-5-16(3)13-23/h11-12,15-16,18H,4-10,13-14H2,1-3H3/t16-/m0/s1. The molecule has 0 aliphatic carbocycles. The summed E-state index contributed by atoms with van der Waals surface area (Å²) in [5.74, 6) is 2.25. The highest BCUT2D eigenvalue weighted by atomic mass is 15.2. The molecule has 0 spiro atoms. The van der Waals surface area contributed by atoms with Gasteiger partial charge in [-0.25, -0.2) is 9.97 Å². The molecule has 0 saturated carbocycles. The van der Waals surface area contributed by atoms with E-state index in [1.54, 1.807) is 0 Å². The minimum absolute atomic E-state index is 0.409. The molecule has 3 rings (SSSR count). The molecule has 0 aromatic carbocycles. The van der Waals surface area contributed by atoms with Crippen molar-refractivity contribution in [2.24, 2.45) is 5.92 Å². The summed E-state index contributed by atoms with van der Waals surface area (Å²) in [6.45, 7) is 12.7. The van der Waals surface area contributed by atoms with E-state index in [1.807, 2.05) is 12.4 Å². The fourth-order valence-electron chi connectivity index (χ4n) is 4.00. The van der Waals surface area contributed by atoms with Crippen LogP contribution in [0.25, 0.3) is 0 Å². The highest BCUT2D eigenvalue weighted by Crippen LogP contribution is 2.24. The maximum Gasteiger partial charge on any atom is 0.130 e. The fraction of sp³-hybridized carbons (Fsp3) is 0.789. The number of likely N-dealkylation sites (tertiary alicyclic amines) is 2. The highest BCUT2D eigenvalue weighted by Gasteiger charge is 2.27. The van der Waals surface area contributed by atoms with Crippen molar-refractivity contribution in [3.63, 3.8) is 0 Å². The van der Waals surface area contributed by atoms with E-state index < -0.39 is 0 Å². The van der Waals surface area contributed by atoms with Crippen LogP contribution in [0.15, 0.2) is 12.4 Å². The molecule has 1 aromatic heterocycles. The smallest absolute Gasteiger partial charge is 0.130 e. The molecule has 128 valence electrons. The Morgan fingerprint density at radius 2 is 1.78 bits per heavy atom. The summed E-state index contributed by atoms with van der Waals surface area (Å²) in [5, 5.41) is 0. The Labute approximate surface area is 141 Å².